The molecule has 2 aromatic rings. The van der Waals surface area contributed by atoms with E-state index in [4.69, 9.17) is 4.52 Å². The van der Waals surface area contributed by atoms with E-state index in [0.717, 1.165) is 28.9 Å². The number of aromatic nitrogens is 2. The van der Waals surface area contributed by atoms with Crippen LogP contribution in [0.1, 0.15) is 50.5 Å². The van der Waals surface area contributed by atoms with Gasteiger partial charge in [0.15, 0.2) is 0 Å². The first kappa shape index (κ1) is 12.5. The maximum absolute atomic E-state index is 5.49. The molecule has 3 unspecified atom stereocenters. The fourth-order valence-corrected chi connectivity index (χ4v) is 4.22. The molecule has 3 heterocycles. The Morgan fingerprint density at radius 2 is 2.15 bits per heavy atom. The van der Waals surface area contributed by atoms with Crippen LogP contribution in [0.5, 0.6) is 0 Å². The van der Waals surface area contributed by atoms with Crippen LogP contribution < -0.4 is 5.32 Å². The third-order valence-corrected chi connectivity index (χ3v) is 5.50. The standard InChI is InChI=1S/C15H19N3OS/c1-2-5-11-10(4-1)7-8-12(16-11)15-17-14(18-19-15)13-6-3-9-20-13/h3,6,9-12,16H,1-2,4-5,7-8H2. The van der Waals surface area contributed by atoms with E-state index in [1.165, 1.54) is 32.1 Å². The van der Waals surface area contributed by atoms with E-state index in [2.05, 4.69) is 15.5 Å². The van der Waals surface area contributed by atoms with Crippen molar-refractivity contribution in [2.45, 2.75) is 50.6 Å². The smallest absolute Gasteiger partial charge is 0.244 e. The summed E-state index contributed by atoms with van der Waals surface area (Å²) in [5, 5.41) is 9.90. The molecule has 0 radical (unpaired) electrons. The van der Waals surface area contributed by atoms with E-state index in [-0.39, 0.29) is 6.04 Å². The molecule has 1 aliphatic carbocycles. The van der Waals surface area contributed by atoms with Crippen LogP contribution in [0.25, 0.3) is 10.7 Å². The number of hydrogen-bond donors (Lipinski definition) is 1. The number of nitrogens with zero attached hydrogens (tertiary/aromatic N) is 2. The highest BCUT2D eigenvalue weighted by molar-refractivity contribution is 7.13. The fraction of sp³-hybridized carbons (Fsp3) is 0.600. The predicted octanol–water partition coefficient (Wildman–Crippen LogP) is 3.78. The van der Waals surface area contributed by atoms with Crippen LogP contribution in [0.3, 0.4) is 0 Å². The van der Waals surface area contributed by atoms with Gasteiger partial charge in [-0.15, -0.1) is 11.3 Å². The Hall–Kier alpha value is -1.20. The summed E-state index contributed by atoms with van der Waals surface area (Å²) in [6.07, 6.45) is 7.84. The normalized spacial score (nSPS) is 30.1. The summed E-state index contributed by atoms with van der Waals surface area (Å²) < 4.78 is 5.49. The van der Waals surface area contributed by atoms with Crippen LogP contribution in [-0.4, -0.2) is 16.2 Å². The summed E-state index contributed by atoms with van der Waals surface area (Å²) >= 11 is 1.65. The Labute approximate surface area is 122 Å². The molecule has 1 saturated carbocycles. The van der Waals surface area contributed by atoms with Crippen molar-refractivity contribution in [1.82, 2.24) is 15.5 Å². The second kappa shape index (κ2) is 5.30. The zero-order valence-corrected chi connectivity index (χ0v) is 12.2. The molecule has 1 N–H and O–H groups in total. The van der Waals surface area contributed by atoms with E-state index < -0.39 is 0 Å². The molecular formula is C15H19N3OS. The van der Waals surface area contributed by atoms with Crippen molar-refractivity contribution in [3.05, 3.63) is 23.4 Å². The van der Waals surface area contributed by atoms with Crippen molar-refractivity contribution in [3.8, 4) is 10.7 Å². The van der Waals surface area contributed by atoms with Crippen LogP contribution >= 0.6 is 11.3 Å². The molecule has 1 aliphatic heterocycles. The average Bonchev–Trinajstić information content (AvgIpc) is 3.17. The number of piperidine rings is 1. The third kappa shape index (κ3) is 2.29. The first-order valence-corrected chi connectivity index (χ1v) is 8.41. The average molecular weight is 289 g/mol. The molecule has 106 valence electrons. The van der Waals surface area contributed by atoms with Gasteiger partial charge in [0.2, 0.25) is 11.7 Å². The SMILES string of the molecule is c1csc(-c2noc(C3CCC4CCCCC4N3)n2)c1. The fourth-order valence-electron chi connectivity index (χ4n) is 3.57. The molecule has 4 rings (SSSR count). The number of nitrogens with one attached hydrogen (secondary N) is 1. The third-order valence-electron chi connectivity index (χ3n) is 4.63. The van der Waals surface area contributed by atoms with Gasteiger partial charge in [0.25, 0.3) is 0 Å². The van der Waals surface area contributed by atoms with E-state index in [1.54, 1.807) is 11.3 Å². The zero-order chi connectivity index (χ0) is 13.4. The van der Waals surface area contributed by atoms with Crippen molar-refractivity contribution in [1.29, 1.82) is 0 Å². The minimum absolute atomic E-state index is 0.246. The molecule has 1 saturated heterocycles. The summed E-state index contributed by atoms with van der Waals surface area (Å²) in [7, 11) is 0. The molecule has 0 spiro atoms. The van der Waals surface area contributed by atoms with E-state index in [0.29, 0.717) is 6.04 Å². The van der Waals surface area contributed by atoms with Gasteiger partial charge < -0.3 is 9.84 Å². The predicted molar refractivity (Wildman–Crippen MR) is 78.5 cm³/mol. The lowest BCUT2D eigenvalue weighted by Crippen LogP contribution is -2.44. The van der Waals surface area contributed by atoms with E-state index >= 15 is 0 Å². The van der Waals surface area contributed by atoms with Crippen LogP contribution in [-0.2, 0) is 0 Å². The summed E-state index contributed by atoms with van der Waals surface area (Å²) in [4.78, 5) is 5.66. The minimum atomic E-state index is 0.246. The monoisotopic (exact) mass is 289 g/mol. The summed E-state index contributed by atoms with van der Waals surface area (Å²) in [6.45, 7) is 0. The molecule has 0 amide bonds. The molecule has 4 nitrogen and oxygen atoms in total. The second-order valence-electron chi connectivity index (χ2n) is 5.88. The highest BCUT2D eigenvalue weighted by atomic mass is 32.1. The van der Waals surface area contributed by atoms with E-state index in [9.17, 15) is 0 Å². The van der Waals surface area contributed by atoms with Gasteiger partial charge in [0, 0.05) is 6.04 Å². The topological polar surface area (TPSA) is 51.0 Å². The Bertz CT molecular complexity index is 565. The van der Waals surface area contributed by atoms with Crippen LogP contribution in [0.4, 0.5) is 0 Å². The van der Waals surface area contributed by atoms with Gasteiger partial charge in [-0.25, -0.2) is 0 Å². The van der Waals surface area contributed by atoms with Crippen LogP contribution in [0.15, 0.2) is 22.0 Å². The van der Waals surface area contributed by atoms with Gasteiger partial charge in [0.1, 0.15) is 0 Å². The highest BCUT2D eigenvalue weighted by Gasteiger charge is 2.34. The van der Waals surface area contributed by atoms with Crippen LogP contribution in [0.2, 0.25) is 0 Å². The number of rotatable bonds is 2. The number of thiophene rings is 1. The number of fused-ring (bicyclic) bond motifs is 1. The molecule has 20 heavy (non-hydrogen) atoms. The first-order valence-electron chi connectivity index (χ1n) is 7.54. The van der Waals surface area contributed by atoms with Gasteiger partial charge in [0.05, 0.1) is 10.9 Å². The lowest BCUT2D eigenvalue weighted by atomic mass is 9.78. The van der Waals surface area contributed by atoms with Crippen LogP contribution in [0, 0.1) is 5.92 Å². The van der Waals surface area contributed by atoms with Crippen molar-refractivity contribution >= 4 is 11.3 Å². The molecule has 0 bridgehead atoms. The Morgan fingerprint density at radius 3 is 3.05 bits per heavy atom. The molecular weight excluding hydrogens is 270 g/mol. The molecule has 2 aliphatic rings. The van der Waals surface area contributed by atoms with E-state index in [1.807, 2.05) is 17.5 Å². The van der Waals surface area contributed by atoms with Gasteiger partial charge in [-0.1, -0.05) is 24.1 Å². The Balaban J connectivity index is 1.50. The van der Waals surface area contributed by atoms with Gasteiger partial charge in [-0.3, -0.25) is 0 Å². The summed E-state index contributed by atoms with van der Waals surface area (Å²) in [5.74, 6) is 2.35. The molecule has 2 fully saturated rings. The Kier molecular flexibility index (Phi) is 3.32. The van der Waals surface area contributed by atoms with Crippen molar-refractivity contribution in [2.24, 2.45) is 5.92 Å². The Morgan fingerprint density at radius 1 is 1.20 bits per heavy atom. The number of hydrogen-bond acceptors (Lipinski definition) is 5. The highest BCUT2D eigenvalue weighted by Crippen LogP contribution is 2.36. The molecule has 3 atom stereocenters. The maximum Gasteiger partial charge on any atom is 0.244 e. The summed E-state index contributed by atoms with van der Waals surface area (Å²) in [6, 6.07) is 4.95. The largest absolute Gasteiger partial charge is 0.337 e. The lowest BCUT2D eigenvalue weighted by Gasteiger charge is -2.39. The van der Waals surface area contributed by atoms with Gasteiger partial charge in [-0.05, 0) is 43.0 Å². The summed E-state index contributed by atoms with van der Waals surface area (Å²) in [5.41, 5.74) is 0. The van der Waals surface area contributed by atoms with Crippen molar-refractivity contribution < 1.29 is 4.52 Å². The van der Waals surface area contributed by atoms with Gasteiger partial charge >= 0.3 is 0 Å². The van der Waals surface area contributed by atoms with Gasteiger partial charge in [-0.2, -0.15) is 4.98 Å². The minimum Gasteiger partial charge on any atom is -0.337 e. The van der Waals surface area contributed by atoms with Crippen molar-refractivity contribution in [3.63, 3.8) is 0 Å². The molecule has 0 aromatic carbocycles. The quantitative estimate of drug-likeness (QED) is 0.914. The maximum atomic E-state index is 5.49. The first-order chi connectivity index (χ1) is 9.90. The van der Waals surface area contributed by atoms with Crippen molar-refractivity contribution in [2.75, 3.05) is 0 Å². The lowest BCUT2D eigenvalue weighted by molar-refractivity contribution is 0.158. The molecule has 2 aromatic heterocycles. The zero-order valence-electron chi connectivity index (χ0n) is 11.4. The molecule has 5 heteroatoms. The second-order valence-corrected chi connectivity index (χ2v) is 6.83.